The number of amides is 1. The fourth-order valence-corrected chi connectivity index (χ4v) is 4.47. The predicted octanol–water partition coefficient (Wildman–Crippen LogP) is 2.33. The van der Waals surface area contributed by atoms with Crippen molar-refractivity contribution in [2.75, 3.05) is 31.5 Å². The van der Waals surface area contributed by atoms with E-state index in [2.05, 4.69) is 66.0 Å². The van der Waals surface area contributed by atoms with E-state index < -0.39 is 0 Å². The Morgan fingerprint density at radius 3 is 2.00 bits per heavy atom. The van der Waals surface area contributed by atoms with E-state index in [-0.39, 0.29) is 5.91 Å². The Bertz CT molecular complexity index is 1020. The molecule has 3 aromatic rings. The number of hydrogen-bond acceptors (Lipinski definition) is 3. The summed E-state index contributed by atoms with van der Waals surface area (Å²) in [6, 6.07) is 29.5. The minimum atomic E-state index is -0.113. The Kier molecular flexibility index (Phi) is 5.03. The number of fused-ring (bicyclic) bond motifs is 1. The number of benzene rings is 3. The highest BCUT2D eigenvalue weighted by molar-refractivity contribution is 6.53. The Hall–Kier alpha value is -3.44. The number of hydrazone groups is 1. The third kappa shape index (κ3) is 3.60. The van der Waals surface area contributed by atoms with Gasteiger partial charge in [0.25, 0.3) is 5.91 Å². The summed E-state index contributed by atoms with van der Waals surface area (Å²) in [7, 11) is 0. The van der Waals surface area contributed by atoms with Crippen LogP contribution in [-0.4, -0.2) is 42.8 Å². The number of nitrogens with zero attached hydrogens (tertiary/aromatic N) is 2. The van der Waals surface area contributed by atoms with Crippen molar-refractivity contribution in [3.63, 3.8) is 0 Å². The Labute approximate surface area is 176 Å². The number of hydrogen-bond donors (Lipinski definition) is 2. The molecule has 2 heterocycles. The van der Waals surface area contributed by atoms with Crippen LogP contribution in [-0.2, 0) is 4.79 Å². The fourth-order valence-electron chi connectivity index (χ4n) is 4.47. The number of nitrogens with one attached hydrogen (secondary N) is 2. The zero-order valence-corrected chi connectivity index (χ0v) is 16.8. The zero-order valence-electron chi connectivity index (χ0n) is 16.8. The summed E-state index contributed by atoms with van der Waals surface area (Å²) in [4.78, 5) is 13.9. The minimum Gasteiger partial charge on any atom is -0.322 e. The smallest absolute Gasteiger partial charge is 0.276 e. The third-order valence-corrected chi connectivity index (χ3v) is 5.94. The van der Waals surface area contributed by atoms with Crippen molar-refractivity contribution in [1.29, 1.82) is 0 Å². The van der Waals surface area contributed by atoms with Gasteiger partial charge >= 0.3 is 0 Å². The predicted molar refractivity (Wildman–Crippen MR) is 119 cm³/mol. The van der Waals surface area contributed by atoms with Gasteiger partial charge in [0.1, 0.15) is 6.04 Å². The van der Waals surface area contributed by atoms with Crippen LogP contribution in [0.15, 0.2) is 90.0 Å². The summed E-state index contributed by atoms with van der Waals surface area (Å²) >= 11 is 0. The van der Waals surface area contributed by atoms with Crippen molar-refractivity contribution in [3.8, 4) is 0 Å². The first-order chi connectivity index (χ1) is 14.8. The van der Waals surface area contributed by atoms with Crippen LogP contribution < -0.4 is 10.2 Å². The topological polar surface area (TPSA) is 49.1 Å². The average molecular weight is 398 g/mol. The molecule has 2 N–H and O–H groups in total. The molecule has 5 rings (SSSR count). The lowest BCUT2D eigenvalue weighted by atomic mass is 9.96. The van der Waals surface area contributed by atoms with Crippen LogP contribution >= 0.6 is 0 Å². The van der Waals surface area contributed by atoms with Gasteiger partial charge in [-0.25, -0.2) is 0 Å². The molecule has 0 bridgehead atoms. The molecule has 0 spiro atoms. The molecule has 0 unspecified atom stereocenters. The summed E-state index contributed by atoms with van der Waals surface area (Å²) in [5.41, 5.74) is 4.93. The first-order valence-corrected chi connectivity index (χ1v) is 10.5. The summed E-state index contributed by atoms with van der Waals surface area (Å²) in [6.45, 7) is 3.58. The number of anilines is 1. The zero-order chi connectivity index (χ0) is 20.3. The van der Waals surface area contributed by atoms with Crippen molar-refractivity contribution in [3.05, 3.63) is 102 Å². The van der Waals surface area contributed by atoms with Crippen molar-refractivity contribution in [2.45, 2.75) is 6.04 Å². The molecule has 1 saturated heterocycles. The van der Waals surface area contributed by atoms with E-state index >= 15 is 0 Å². The number of para-hydroxylation sites is 1. The molecule has 3 aromatic carbocycles. The molecule has 1 fully saturated rings. The maximum atomic E-state index is 12.4. The third-order valence-electron chi connectivity index (χ3n) is 5.94. The Balaban J connectivity index is 1.35. The lowest BCUT2D eigenvalue weighted by Gasteiger charge is -2.36. The van der Waals surface area contributed by atoms with E-state index in [4.69, 9.17) is 5.10 Å². The largest absolute Gasteiger partial charge is 0.322 e. The maximum absolute atomic E-state index is 12.4. The fraction of sp³-hybridized carbons (Fsp3) is 0.200. The van der Waals surface area contributed by atoms with Crippen LogP contribution in [0, 0.1) is 0 Å². The minimum absolute atomic E-state index is 0.113. The molecule has 0 saturated carbocycles. The summed E-state index contributed by atoms with van der Waals surface area (Å²) in [6.07, 6.45) is 0. The van der Waals surface area contributed by atoms with Gasteiger partial charge in [0, 0.05) is 16.7 Å². The summed E-state index contributed by atoms with van der Waals surface area (Å²) in [5, 5.41) is 9.68. The number of rotatable bonds is 4. The van der Waals surface area contributed by atoms with E-state index in [9.17, 15) is 4.79 Å². The molecule has 0 aliphatic carbocycles. The molecular formula is C25H25N4O+. The molecular weight excluding hydrogens is 372 g/mol. The first-order valence-electron chi connectivity index (χ1n) is 10.5. The molecule has 2 aliphatic heterocycles. The average Bonchev–Trinajstić information content (AvgIpc) is 3.12. The maximum Gasteiger partial charge on any atom is 0.276 e. The second-order valence-corrected chi connectivity index (χ2v) is 7.81. The Morgan fingerprint density at radius 2 is 1.37 bits per heavy atom. The second kappa shape index (κ2) is 8.13. The van der Waals surface area contributed by atoms with Crippen LogP contribution in [0.3, 0.4) is 0 Å². The number of quaternary nitrogens is 1. The highest BCUT2D eigenvalue weighted by Crippen LogP contribution is 2.23. The van der Waals surface area contributed by atoms with Gasteiger partial charge in [-0.3, -0.25) is 9.80 Å². The standard InChI is InChI=1S/C25H24N4O/c30-25-23(21-13-7-8-14-22(21)26-25)27-29-17-15-28(16-18-29)24(19-9-3-1-4-10-19)20-11-5-2-6-12-20/h1-14,24H,15-18H2,(H,26,27,30)/p+1. The van der Waals surface area contributed by atoms with Gasteiger partial charge in [-0.15, -0.1) is 0 Å². The van der Waals surface area contributed by atoms with Gasteiger partial charge in [-0.1, -0.05) is 78.9 Å². The molecule has 150 valence electrons. The Morgan fingerprint density at radius 1 is 0.800 bits per heavy atom. The van der Waals surface area contributed by atoms with E-state index in [1.807, 2.05) is 29.3 Å². The van der Waals surface area contributed by atoms with Gasteiger partial charge in [-0.05, 0) is 6.07 Å². The molecule has 0 aromatic heterocycles. The molecule has 1 amide bonds. The number of carbonyl (C=O) groups is 1. The molecule has 5 nitrogen and oxygen atoms in total. The normalized spacial score (nSPS) is 18.0. The lowest BCUT2D eigenvalue weighted by molar-refractivity contribution is -0.929. The van der Waals surface area contributed by atoms with Crippen LogP contribution in [0.25, 0.3) is 0 Å². The van der Waals surface area contributed by atoms with Crippen LogP contribution in [0.5, 0.6) is 0 Å². The SMILES string of the molecule is O=C1Nc2ccccc2/C1=N/N1CC[NH+](C(c2ccccc2)c2ccccc2)CC1. The summed E-state index contributed by atoms with van der Waals surface area (Å²) in [5.74, 6) is -0.113. The van der Waals surface area contributed by atoms with E-state index in [1.54, 1.807) is 0 Å². The van der Waals surface area contributed by atoms with Gasteiger partial charge in [0.2, 0.25) is 0 Å². The number of piperazine rings is 1. The van der Waals surface area contributed by atoms with Gasteiger partial charge in [0.15, 0.2) is 5.71 Å². The van der Waals surface area contributed by atoms with Crippen LogP contribution in [0.4, 0.5) is 5.69 Å². The van der Waals surface area contributed by atoms with E-state index in [1.165, 1.54) is 16.0 Å². The van der Waals surface area contributed by atoms with Gasteiger partial charge < -0.3 is 10.2 Å². The van der Waals surface area contributed by atoms with Crippen molar-refractivity contribution < 1.29 is 9.69 Å². The monoisotopic (exact) mass is 397 g/mol. The molecule has 0 radical (unpaired) electrons. The van der Waals surface area contributed by atoms with Gasteiger partial charge in [-0.2, -0.15) is 5.10 Å². The highest BCUT2D eigenvalue weighted by atomic mass is 16.2. The highest BCUT2D eigenvalue weighted by Gasteiger charge is 2.31. The number of carbonyl (C=O) groups excluding carboxylic acids is 1. The van der Waals surface area contributed by atoms with E-state index in [0.29, 0.717) is 11.8 Å². The van der Waals surface area contributed by atoms with Crippen molar-refractivity contribution in [1.82, 2.24) is 5.01 Å². The second-order valence-electron chi connectivity index (χ2n) is 7.81. The van der Waals surface area contributed by atoms with Crippen LogP contribution in [0.1, 0.15) is 22.7 Å². The molecule has 5 heteroatoms. The molecule has 30 heavy (non-hydrogen) atoms. The quantitative estimate of drug-likeness (QED) is 0.710. The van der Waals surface area contributed by atoms with Crippen molar-refractivity contribution in [2.24, 2.45) is 5.10 Å². The van der Waals surface area contributed by atoms with Gasteiger partial charge in [0.05, 0.1) is 31.9 Å². The molecule has 0 atom stereocenters. The van der Waals surface area contributed by atoms with Crippen LogP contribution in [0.2, 0.25) is 0 Å². The van der Waals surface area contributed by atoms with Crippen molar-refractivity contribution >= 4 is 17.3 Å². The lowest BCUT2D eigenvalue weighted by Crippen LogP contribution is -3.15. The first kappa shape index (κ1) is 18.6. The molecule has 2 aliphatic rings. The van der Waals surface area contributed by atoms with E-state index in [0.717, 1.165) is 37.4 Å². The summed E-state index contributed by atoms with van der Waals surface area (Å²) < 4.78 is 0.